The Morgan fingerprint density at radius 2 is 1.68 bits per heavy atom. The van der Waals surface area contributed by atoms with E-state index in [1.807, 2.05) is 13.1 Å². The molecule has 0 bridgehead atoms. The van der Waals surface area contributed by atoms with Gasteiger partial charge in [-0.2, -0.15) is 0 Å². The molecule has 2 aliphatic heterocycles. The lowest BCUT2D eigenvalue weighted by atomic mass is 10.0. The van der Waals surface area contributed by atoms with Crippen molar-refractivity contribution in [3.63, 3.8) is 0 Å². The summed E-state index contributed by atoms with van der Waals surface area (Å²) in [5, 5.41) is 7.06. The van der Waals surface area contributed by atoms with Crippen molar-refractivity contribution in [2.24, 2.45) is 4.99 Å². The molecule has 1 atom stereocenters. The second kappa shape index (κ2) is 11.3. The van der Waals surface area contributed by atoms with Gasteiger partial charge in [-0.3, -0.25) is 14.8 Å². The summed E-state index contributed by atoms with van der Waals surface area (Å²) in [6.07, 6.45) is 8.31. The summed E-state index contributed by atoms with van der Waals surface area (Å²) >= 11 is 0. The summed E-state index contributed by atoms with van der Waals surface area (Å²) in [6, 6.07) is 13.1. The molecule has 1 unspecified atom stereocenters. The van der Waals surface area contributed by atoms with Crippen molar-refractivity contribution in [2.75, 3.05) is 39.8 Å². The Morgan fingerprint density at radius 1 is 0.935 bits per heavy atom. The van der Waals surface area contributed by atoms with Crippen molar-refractivity contribution in [2.45, 2.75) is 51.2 Å². The quantitative estimate of drug-likeness (QED) is 0.500. The standard InChI is InChI=1S/C25H37N5O/c1-26-25(28-19-23(24-12-9-17-31-24)30-15-7-8-16-30)27-18-21-10-3-4-11-22(21)20-29-13-5-2-6-14-29/h3-4,9-12,17,23H,2,5-8,13-16,18-20H2,1H3,(H2,26,27,28). The largest absolute Gasteiger partial charge is 0.468 e. The second-order valence-electron chi connectivity index (χ2n) is 8.69. The molecule has 3 heterocycles. The average Bonchev–Trinajstić information content (AvgIpc) is 3.53. The molecule has 31 heavy (non-hydrogen) atoms. The van der Waals surface area contributed by atoms with Gasteiger partial charge in [-0.05, 0) is 75.1 Å². The van der Waals surface area contributed by atoms with E-state index in [-0.39, 0.29) is 6.04 Å². The first-order chi connectivity index (χ1) is 15.3. The van der Waals surface area contributed by atoms with Gasteiger partial charge in [-0.1, -0.05) is 30.7 Å². The summed E-state index contributed by atoms with van der Waals surface area (Å²) in [4.78, 5) is 9.55. The van der Waals surface area contributed by atoms with E-state index in [0.29, 0.717) is 0 Å². The molecule has 2 aromatic rings. The Bertz CT molecular complexity index is 807. The van der Waals surface area contributed by atoms with Gasteiger partial charge in [0.2, 0.25) is 0 Å². The van der Waals surface area contributed by atoms with E-state index in [1.165, 1.54) is 56.3 Å². The molecule has 0 saturated carbocycles. The highest BCUT2D eigenvalue weighted by atomic mass is 16.3. The van der Waals surface area contributed by atoms with E-state index < -0.39 is 0 Å². The molecule has 2 aliphatic rings. The molecule has 4 rings (SSSR count). The molecule has 1 aromatic heterocycles. The number of likely N-dealkylation sites (tertiary alicyclic amines) is 2. The highest BCUT2D eigenvalue weighted by molar-refractivity contribution is 5.79. The summed E-state index contributed by atoms with van der Waals surface area (Å²) in [6.45, 7) is 7.29. The predicted molar refractivity (Wildman–Crippen MR) is 126 cm³/mol. The molecule has 2 saturated heterocycles. The average molecular weight is 424 g/mol. The van der Waals surface area contributed by atoms with Gasteiger partial charge < -0.3 is 15.1 Å². The van der Waals surface area contributed by atoms with E-state index in [9.17, 15) is 0 Å². The minimum absolute atomic E-state index is 0.238. The highest BCUT2D eigenvalue weighted by Crippen LogP contribution is 2.24. The lowest BCUT2D eigenvalue weighted by Gasteiger charge is -2.28. The lowest BCUT2D eigenvalue weighted by molar-refractivity contribution is 0.215. The Morgan fingerprint density at radius 3 is 2.39 bits per heavy atom. The van der Waals surface area contributed by atoms with Gasteiger partial charge >= 0.3 is 0 Å². The van der Waals surface area contributed by atoms with Crippen LogP contribution in [0.4, 0.5) is 0 Å². The fourth-order valence-corrected chi connectivity index (χ4v) is 4.78. The molecule has 2 N–H and O–H groups in total. The van der Waals surface area contributed by atoms with E-state index in [2.05, 4.69) is 55.8 Å². The van der Waals surface area contributed by atoms with Gasteiger partial charge in [0.1, 0.15) is 5.76 Å². The van der Waals surface area contributed by atoms with Crippen LogP contribution >= 0.6 is 0 Å². The van der Waals surface area contributed by atoms with Crippen molar-refractivity contribution >= 4 is 5.96 Å². The minimum atomic E-state index is 0.238. The Hall–Kier alpha value is -2.31. The van der Waals surface area contributed by atoms with Crippen LogP contribution in [-0.2, 0) is 13.1 Å². The van der Waals surface area contributed by atoms with Crippen LogP contribution in [0, 0.1) is 0 Å². The summed E-state index contributed by atoms with van der Waals surface area (Å²) in [5.41, 5.74) is 2.76. The fourth-order valence-electron chi connectivity index (χ4n) is 4.78. The van der Waals surface area contributed by atoms with Crippen molar-refractivity contribution in [1.29, 1.82) is 0 Å². The Kier molecular flexibility index (Phi) is 8.02. The Balaban J connectivity index is 1.33. The first-order valence-electron chi connectivity index (χ1n) is 11.8. The number of hydrogen-bond donors (Lipinski definition) is 2. The monoisotopic (exact) mass is 423 g/mol. The zero-order valence-corrected chi connectivity index (χ0v) is 18.9. The van der Waals surface area contributed by atoms with E-state index in [1.54, 1.807) is 6.26 Å². The maximum atomic E-state index is 5.74. The van der Waals surface area contributed by atoms with Gasteiger partial charge in [-0.25, -0.2) is 0 Å². The maximum Gasteiger partial charge on any atom is 0.191 e. The van der Waals surface area contributed by atoms with Crippen LogP contribution in [0.25, 0.3) is 0 Å². The SMILES string of the molecule is CN=C(NCc1ccccc1CN1CCCCC1)NCC(c1ccco1)N1CCCC1. The zero-order valence-electron chi connectivity index (χ0n) is 18.9. The van der Waals surface area contributed by atoms with Gasteiger partial charge in [0, 0.05) is 26.7 Å². The molecule has 0 aliphatic carbocycles. The first kappa shape index (κ1) is 21.9. The molecule has 0 amide bonds. The fraction of sp³-hybridized carbons (Fsp3) is 0.560. The number of benzene rings is 1. The Labute approximate surface area is 186 Å². The van der Waals surface area contributed by atoms with E-state index >= 15 is 0 Å². The highest BCUT2D eigenvalue weighted by Gasteiger charge is 2.25. The number of nitrogens with one attached hydrogen (secondary N) is 2. The lowest BCUT2D eigenvalue weighted by Crippen LogP contribution is -2.42. The van der Waals surface area contributed by atoms with Crippen molar-refractivity contribution < 1.29 is 4.42 Å². The zero-order chi connectivity index (χ0) is 21.3. The number of furan rings is 1. The van der Waals surface area contributed by atoms with Gasteiger partial charge in [0.15, 0.2) is 5.96 Å². The third kappa shape index (κ3) is 6.11. The summed E-state index contributed by atoms with van der Waals surface area (Å²) in [5.74, 6) is 1.86. The smallest absolute Gasteiger partial charge is 0.191 e. The molecule has 0 spiro atoms. The predicted octanol–water partition coefficient (Wildman–Crippen LogP) is 3.77. The van der Waals surface area contributed by atoms with Gasteiger partial charge in [0.25, 0.3) is 0 Å². The number of aliphatic imine (C=N–C) groups is 1. The molecular weight excluding hydrogens is 386 g/mol. The van der Waals surface area contributed by atoms with Crippen molar-refractivity contribution in [3.05, 3.63) is 59.5 Å². The third-order valence-corrected chi connectivity index (χ3v) is 6.55. The number of guanidine groups is 1. The van der Waals surface area contributed by atoms with Crippen LogP contribution in [0.1, 0.15) is 55.0 Å². The summed E-state index contributed by atoms with van der Waals surface area (Å²) < 4.78 is 5.74. The molecule has 2 fully saturated rings. The molecular formula is C25H37N5O. The topological polar surface area (TPSA) is 56.0 Å². The van der Waals surface area contributed by atoms with Crippen molar-refractivity contribution in [3.8, 4) is 0 Å². The van der Waals surface area contributed by atoms with Gasteiger partial charge in [0.05, 0.1) is 12.3 Å². The van der Waals surface area contributed by atoms with Crippen LogP contribution in [0.5, 0.6) is 0 Å². The molecule has 6 heteroatoms. The first-order valence-corrected chi connectivity index (χ1v) is 11.8. The summed E-state index contributed by atoms with van der Waals surface area (Å²) in [7, 11) is 1.84. The van der Waals surface area contributed by atoms with Crippen LogP contribution in [0.3, 0.4) is 0 Å². The normalized spacial score (nSPS) is 19.5. The maximum absolute atomic E-state index is 5.74. The number of piperidine rings is 1. The number of rotatable bonds is 8. The van der Waals surface area contributed by atoms with Crippen LogP contribution in [0.15, 0.2) is 52.1 Å². The molecule has 6 nitrogen and oxygen atoms in total. The second-order valence-corrected chi connectivity index (χ2v) is 8.69. The molecule has 168 valence electrons. The van der Waals surface area contributed by atoms with Crippen LogP contribution in [0.2, 0.25) is 0 Å². The van der Waals surface area contributed by atoms with Crippen LogP contribution in [-0.4, -0.2) is 55.5 Å². The molecule has 1 aromatic carbocycles. The van der Waals surface area contributed by atoms with Crippen molar-refractivity contribution in [1.82, 2.24) is 20.4 Å². The van der Waals surface area contributed by atoms with Gasteiger partial charge in [-0.15, -0.1) is 0 Å². The van der Waals surface area contributed by atoms with Crippen LogP contribution < -0.4 is 10.6 Å². The minimum Gasteiger partial charge on any atom is -0.468 e. The third-order valence-electron chi connectivity index (χ3n) is 6.55. The number of nitrogens with zero attached hydrogens (tertiary/aromatic N) is 3. The van der Waals surface area contributed by atoms with E-state index in [0.717, 1.165) is 44.4 Å². The number of hydrogen-bond acceptors (Lipinski definition) is 4. The van der Waals surface area contributed by atoms with E-state index in [4.69, 9.17) is 4.42 Å². The molecule has 0 radical (unpaired) electrons.